The molecule has 1 aliphatic carbocycles. The molecule has 0 radical (unpaired) electrons. The van der Waals surface area contributed by atoms with Gasteiger partial charge >= 0.3 is 5.97 Å². The third kappa shape index (κ3) is 11.4. The molecule has 5 aromatic rings. The molecule has 1 fully saturated rings. The zero-order valence-corrected chi connectivity index (χ0v) is 41.3. The fourth-order valence-electron chi connectivity index (χ4n) is 7.64. The molecule has 0 bridgehead atoms. The standard InChI is InChI=1S/C47H61ClN4O9S2Si/c1-46(2,3)64(7,8)61-39(33-17-19-36(53)44-34(33)18-20-42(54)50-44)28-49-27-30-25-35(48)38(26-37(30)58-6)59-29-43(55)52(5)22-21-51(4)31-13-15-32(16-14-31)60-45(56)47(57,40-11-9-23-62-40)41-12-10-24-63-41/h9-12,17-20,23-26,31-32,39,49,53,57H,13-16,21-22,27-29H2,1-8H3,(H,50,54)/t31-,32-,39-/m0/s1. The molecule has 0 unspecified atom stereocenters. The zero-order chi connectivity index (χ0) is 46.4. The number of likely N-dealkylation sites (N-methyl/N-ethyl adjacent to an activating group) is 2. The number of esters is 1. The number of hydrogen-bond donors (Lipinski definition) is 4. The van der Waals surface area contributed by atoms with E-state index in [1.165, 1.54) is 28.7 Å². The van der Waals surface area contributed by atoms with E-state index < -0.39 is 26.0 Å². The molecule has 0 spiro atoms. The van der Waals surface area contributed by atoms with Crippen LogP contribution in [0.3, 0.4) is 0 Å². The van der Waals surface area contributed by atoms with Gasteiger partial charge in [0.25, 0.3) is 5.91 Å². The number of methoxy groups -OCH3 is 1. The molecule has 3 heterocycles. The Kier molecular flexibility index (Phi) is 16.1. The smallest absolute Gasteiger partial charge is 0.349 e. The lowest BCUT2D eigenvalue weighted by atomic mass is 9.91. The number of ether oxygens (including phenoxy) is 3. The van der Waals surface area contributed by atoms with Crippen molar-refractivity contribution in [1.82, 2.24) is 20.1 Å². The Bertz CT molecular complexity index is 2380. The van der Waals surface area contributed by atoms with Crippen LogP contribution >= 0.6 is 34.3 Å². The van der Waals surface area contributed by atoms with Crippen LogP contribution in [-0.4, -0.2) is 105 Å². The molecule has 0 saturated heterocycles. The van der Waals surface area contributed by atoms with Crippen LogP contribution in [-0.2, 0) is 30.9 Å². The van der Waals surface area contributed by atoms with E-state index in [9.17, 15) is 24.6 Å². The van der Waals surface area contributed by atoms with Crippen molar-refractivity contribution in [1.29, 1.82) is 0 Å². The van der Waals surface area contributed by atoms with Gasteiger partial charge in [0.1, 0.15) is 23.4 Å². The summed E-state index contributed by atoms with van der Waals surface area (Å²) < 4.78 is 24.6. The number of aromatic amines is 1. The number of nitrogens with zero attached hydrogens (tertiary/aromatic N) is 2. The van der Waals surface area contributed by atoms with Gasteiger partial charge in [-0.2, -0.15) is 0 Å². The highest BCUT2D eigenvalue weighted by Crippen LogP contribution is 2.42. The van der Waals surface area contributed by atoms with Crippen LogP contribution < -0.4 is 20.3 Å². The highest BCUT2D eigenvalue weighted by atomic mass is 35.5. The van der Waals surface area contributed by atoms with Gasteiger partial charge in [-0.1, -0.05) is 50.6 Å². The molecule has 64 heavy (non-hydrogen) atoms. The van der Waals surface area contributed by atoms with E-state index in [4.69, 9.17) is 30.2 Å². The third-order valence-corrected chi connectivity index (χ3v) is 19.4. The number of carbonyl (C=O) groups is 2. The molecule has 2 aromatic carbocycles. The van der Waals surface area contributed by atoms with Gasteiger partial charge in [0.2, 0.25) is 11.2 Å². The molecule has 3 aromatic heterocycles. The van der Waals surface area contributed by atoms with E-state index in [-0.39, 0.29) is 41.0 Å². The number of aromatic hydroxyl groups is 1. The Balaban J connectivity index is 0.992. The van der Waals surface area contributed by atoms with Gasteiger partial charge in [0.05, 0.1) is 33.5 Å². The fraction of sp³-hybridized carbons (Fsp3) is 0.468. The van der Waals surface area contributed by atoms with E-state index in [0.29, 0.717) is 76.2 Å². The van der Waals surface area contributed by atoms with Crippen LogP contribution in [0.1, 0.15) is 73.4 Å². The van der Waals surface area contributed by atoms with E-state index in [2.05, 4.69) is 49.1 Å². The maximum absolute atomic E-state index is 13.5. The van der Waals surface area contributed by atoms with Crippen molar-refractivity contribution in [2.24, 2.45) is 0 Å². The summed E-state index contributed by atoms with van der Waals surface area (Å²) in [5.41, 5.74) is -0.138. The Morgan fingerprint density at radius 2 is 1.64 bits per heavy atom. The van der Waals surface area contributed by atoms with Crippen LogP contribution in [0.4, 0.5) is 0 Å². The number of benzene rings is 2. The average Bonchev–Trinajstić information content (AvgIpc) is 4.01. The molecule has 1 saturated carbocycles. The van der Waals surface area contributed by atoms with Crippen molar-refractivity contribution in [2.45, 2.75) is 95.0 Å². The average molecular weight is 954 g/mol. The molecule has 1 aliphatic rings. The number of rotatable bonds is 19. The SMILES string of the molecule is COc1cc(OCC(=O)N(C)CCN(C)[C@H]2CC[C@H](OC(=O)C(O)(c3cccs3)c3cccs3)CC2)c(Cl)cc1CNC[C@H](O[Si](C)(C)C(C)(C)C)c1ccc(O)c2[nH]c(=O)ccc12. The monoisotopic (exact) mass is 952 g/mol. The second-order valence-corrected chi connectivity index (χ2v) is 25.0. The van der Waals surface area contributed by atoms with Crippen LogP contribution in [0.25, 0.3) is 10.9 Å². The number of halogens is 1. The number of thiophene rings is 2. The summed E-state index contributed by atoms with van der Waals surface area (Å²) in [6.07, 6.45) is 2.31. The number of aromatic nitrogens is 1. The number of phenolic OH excluding ortho intramolecular Hbond substituents is 1. The van der Waals surface area contributed by atoms with Crippen molar-refractivity contribution in [2.75, 3.05) is 47.4 Å². The highest BCUT2D eigenvalue weighted by molar-refractivity contribution is 7.12. The first kappa shape index (κ1) is 49.2. The quantitative estimate of drug-likeness (QED) is 0.0464. The first-order chi connectivity index (χ1) is 30.3. The van der Waals surface area contributed by atoms with Crippen LogP contribution in [0.5, 0.6) is 17.2 Å². The normalized spacial score (nSPS) is 16.5. The Hall–Kier alpha value is -4.26. The lowest BCUT2D eigenvalue weighted by molar-refractivity contribution is -0.169. The van der Waals surface area contributed by atoms with Crippen molar-refractivity contribution < 1.29 is 38.4 Å². The first-order valence-corrected chi connectivity index (χ1v) is 26.5. The number of nitrogens with one attached hydrogen (secondary N) is 2. The summed E-state index contributed by atoms with van der Waals surface area (Å²) in [6.45, 7) is 12.6. The number of phenols is 1. The second-order valence-electron chi connectivity index (χ2n) is 18.0. The summed E-state index contributed by atoms with van der Waals surface area (Å²) in [6, 6.07) is 17.4. The zero-order valence-electron chi connectivity index (χ0n) is 37.9. The maximum atomic E-state index is 13.5. The number of hydrogen-bond acceptors (Lipinski definition) is 13. The predicted octanol–water partition coefficient (Wildman–Crippen LogP) is 8.43. The van der Waals surface area contributed by atoms with Crippen molar-refractivity contribution >= 4 is 65.4 Å². The van der Waals surface area contributed by atoms with Gasteiger partial charge in [-0.05, 0) is 97.5 Å². The lowest BCUT2D eigenvalue weighted by Crippen LogP contribution is -2.44. The van der Waals surface area contributed by atoms with Crippen LogP contribution in [0.2, 0.25) is 23.2 Å². The minimum absolute atomic E-state index is 0.0117. The number of amides is 1. The fourth-order valence-corrected chi connectivity index (χ4v) is 10.9. The molecule has 17 heteroatoms. The van der Waals surface area contributed by atoms with Crippen molar-refractivity contribution in [3.05, 3.63) is 108 Å². The minimum Gasteiger partial charge on any atom is -0.506 e. The van der Waals surface area contributed by atoms with Gasteiger partial charge in [0.15, 0.2) is 14.9 Å². The molecule has 1 atom stereocenters. The van der Waals surface area contributed by atoms with E-state index in [0.717, 1.165) is 24.0 Å². The molecule has 346 valence electrons. The van der Waals surface area contributed by atoms with E-state index >= 15 is 0 Å². The number of pyridine rings is 1. The van der Waals surface area contributed by atoms with Crippen LogP contribution in [0, 0.1) is 0 Å². The molecular formula is C47H61ClN4O9S2Si. The molecule has 4 N–H and O–H groups in total. The Labute approximate surface area is 389 Å². The van der Waals surface area contributed by atoms with Crippen molar-refractivity contribution in [3.8, 4) is 17.2 Å². The number of H-pyrrole nitrogens is 1. The molecular weight excluding hydrogens is 892 g/mol. The van der Waals surface area contributed by atoms with Gasteiger partial charge in [-0.3, -0.25) is 9.59 Å². The number of carbonyl (C=O) groups excluding carboxylic acids is 2. The van der Waals surface area contributed by atoms with Gasteiger partial charge in [0, 0.05) is 62.4 Å². The number of aliphatic hydroxyl groups is 1. The Morgan fingerprint density at radius 3 is 2.25 bits per heavy atom. The van der Waals surface area contributed by atoms with E-state index in [1.807, 2.05) is 36.0 Å². The summed E-state index contributed by atoms with van der Waals surface area (Å²) >= 11 is 9.39. The topological polar surface area (TPSA) is 163 Å². The van der Waals surface area contributed by atoms with Gasteiger partial charge < -0.3 is 49.0 Å². The highest BCUT2D eigenvalue weighted by Gasteiger charge is 2.45. The summed E-state index contributed by atoms with van der Waals surface area (Å²) in [7, 11) is 3.07. The first-order valence-electron chi connectivity index (χ1n) is 21.5. The molecule has 0 aliphatic heterocycles. The van der Waals surface area contributed by atoms with E-state index in [1.54, 1.807) is 55.5 Å². The second kappa shape index (κ2) is 20.9. The maximum Gasteiger partial charge on any atom is 0.349 e. The predicted molar refractivity (Wildman–Crippen MR) is 257 cm³/mol. The third-order valence-electron chi connectivity index (χ3n) is 12.6. The summed E-state index contributed by atoms with van der Waals surface area (Å²) in [5, 5.41) is 30.3. The Morgan fingerprint density at radius 1 is 0.969 bits per heavy atom. The number of fused-ring (bicyclic) bond motifs is 1. The van der Waals surface area contributed by atoms with Crippen LogP contribution in [0.15, 0.2) is 76.2 Å². The molecule has 13 nitrogen and oxygen atoms in total. The van der Waals surface area contributed by atoms with Gasteiger partial charge in [-0.25, -0.2) is 4.79 Å². The van der Waals surface area contributed by atoms with Gasteiger partial charge in [-0.15, -0.1) is 22.7 Å². The molecule has 6 rings (SSSR count). The molecule has 1 amide bonds. The minimum atomic E-state index is -2.29. The summed E-state index contributed by atoms with van der Waals surface area (Å²) in [4.78, 5) is 46.5. The lowest BCUT2D eigenvalue weighted by Gasteiger charge is -2.39. The summed E-state index contributed by atoms with van der Waals surface area (Å²) in [5.74, 6) is 0.00882. The van der Waals surface area contributed by atoms with Crippen molar-refractivity contribution in [3.63, 3.8) is 0 Å². The largest absolute Gasteiger partial charge is 0.506 e.